The van der Waals surface area contributed by atoms with Gasteiger partial charge in [-0.1, -0.05) is 35.9 Å². The van der Waals surface area contributed by atoms with Crippen molar-refractivity contribution < 1.29 is 25.2 Å². The maximum Gasteiger partial charge on any atom is 0.132 e. The second-order valence-electron chi connectivity index (χ2n) is 6.33. The van der Waals surface area contributed by atoms with Crippen molar-refractivity contribution in [1.29, 1.82) is 0 Å². The molecule has 2 aromatic carbocycles. The molecule has 1 fully saturated rings. The highest BCUT2D eigenvalue weighted by Crippen LogP contribution is 2.37. The highest BCUT2D eigenvalue weighted by Gasteiger charge is 2.44. The fourth-order valence-electron chi connectivity index (χ4n) is 3.06. The predicted molar refractivity (Wildman–Crippen MR) is 102 cm³/mol. The molecule has 1 heterocycles. The summed E-state index contributed by atoms with van der Waals surface area (Å²) in [5, 5.41) is 40.4. The number of ether oxygens (including phenoxy) is 1. The molecule has 1 saturated heterocycles. The van der Waals surface area contributed by atoms with Gasteiger partial charge in [0.05, 0.1) is 0 Å². The van der Waals surface area contributed by atoms with E-state index in [-0.39, 0.29) is 5.75 Å². The van der Waals surface area contributed by atoms with Crippen molar-refractivity contribution in [2.75, 3.05) is 6.26 Å². The van der Waals surface area contributed by atoms with Gasteiger partial charge in [-0.25, -0.2) is 0 Å². The van der Waals surface area contributed by atoms with Gasteiger partial charge in [-0.3, -0.25) is 0 Å². The van der Waals surface area contributed by atoms with Crippen molar-refractivity contribution in [1.82, 2.24) is 0 Å². The Morgan fingerprint density at radius 3 is 2.35 bits per heavy atom. The van der Waals surface area contributed by atoms with Gasteiger partial charge in [0, 0.05) is 5.02 Å². The van der Waals surface area contributed by atoms with Gasteiger partial charge in [0.1, 0.15) is 35.6 Å². The molecule has 0 unspecified atom stereocenters. The number of aromatic hydroxyl groups is 1. The molecule has 0 aromatic heterocycles. The molecule has 0 saturated carbocycles. The fraction of sp³-hybridized carbons (Fsp3) is 0.368. The minimum Gasteiger partial charge on any atom is -0.508 e. The predicted octanol–water partition coefficient (Wildman–Crippen LogP) is 2.48. The van der Waals surface area contributed by atoms with Crippen LogP contribution in [0.3, 0.4) is 0 Å². The standard InChI is InChI=1S/C19H21ClO5S/c1-26-19-17(24)15(22)16(23)18(25-19)11-4-7-14(20)12(9-11)8-10-2-5-13(21)6-3-10/h2-7,9,15-19,21-24H,8H2,1H3/t15-,16-,17+,18+,19+/m1/s1. The van der Waals surface area contributed by atoms with Crippen LogP contribution in [0.1, 0.15) is 22.8 Å². The monoisotopic (exact) mass is 396 g/mol. The normalized spacial score (nSPS) is 28.9. The van der Waals surface area contributed by atoms with E-state index in [1.807, 2.05) is 18.2 Å². The Kier molecular flexibility index (Phi) is 6.12. The molecule has 140 valence electrons. The van der Waals surface area contributed by atoms with Crippen LogP contribution < -0.4 is 0 Å². The van der Waals surface area contributed by atoms with Crippen LogP contribution in [0.5, 0.6) is 5.75 Å². The van der Waals surface area contributed by atoms with Crippen LogP contribution in [0.2, 0.25) is 5.02 Å². The largest absolute Gasteiger partial charge is 0.508 e. The lowest BCUT2D eigenvalue weighted by molar-refractivity contribution is -0.200. The Balaban J connectivity index is 1.87. The Hall–Kier alpha value is -1.28. The van der Waals surface area contributed by atoms with Crippen molar-refractivity contribution >= 4 is 23.4 Å². The smallest absolute Gasteiger partial charge is 0.132 e. The zero-order valence-corrected chi connectivity index (χ0v) is 15.7. The van der Waals surface area contributed by atoms with Crippen molar-refractivity contribution in [2.45, 2.75) is 36.3 Å². The van der Waals surface area contributed by atoms with E-state index in [0.29, 0.717) is 17.0 Å². The third-order valence-corrected chi connectivity index (χ3v) is 5.75. The van der Waals surface area contributed by atoms with Crippen LogP contribution >= 0.6 is 23.4 Å². The first-order chi connectivity index (χ1) is 12.4. The Morgan fingerprint density at radius 1 is 1.00 bits per heavy atom. The van der Waals surface area contributed by atoms with Gasteiger partial charge in [0.15, 0.2) is 0 Å². The number of benzene rings is 2. The van der Waals surface area contributed by atoms with E-state index in [2.05, 4.69) is 0 Å². The van der Waals surface area contributed by atoms with Gasteiger partial charge in [-0.2, -0.15) is 0 Å². The molecule has 7 heteroatoms. The number of phenolic OH excluding ortho intramolecular Hbond substituents is 1. The summed E-state index contributed by atoms with van der Waals surface area (Å²) in [6, 6.07) is 12.2. The number of thioether (sulfide) groups is 1. The second-order valence-corrected chi connectivity index (χ2v) is 7.67. The summed E-state index contributed by atoms with van der Waals surface area (Å²) in [7, 11) is 0. The molecular weight excluding hydrogens is 376 g/mol. The van der Waals surface area contributed by atoms with Crippen LogP contribution in [0, 0.1) is 0 Å². The second kappa shape index (κ2) is 8.17. The van der Waals surface area contributed by atoms with Crippen molar-refractivity contribution in [2.24, 2.45) is 0 Å². The fourth-order valence-corrected chi connectivity index (χ4v) is 3.91. The maximum absolute atomic E-state index is 10.4. The van der Waals surface area contributed by atoms with Gasteiger partial charge in [0.25, 0.3) is 0 Å². The van der Waals surface area contributed by atoms with Crippen molar-refractivity contribution in [3.63, 3.8) is 0 Å². The summed E-state index contributed by atoms with van der Waals surface area (Å²) in [6.45, 7) is 0. The van der Waals surface area contributed by atoms with Gasteiger partial charge < -0.3 is 25.2 Å². The lowest BCUT2D eigenvalue weighted by atomic mass is 9.92. The molecule has 0 amide bonds. The van der Waals surface area contributed by atoms with E-state index in [1.165, 1.54) is 11.8 Å². The molecule has 0 spiro atoms. The van der Waals surface area contributed by atoms with Crippen LogP contribution in [-0.4, -0.2) is 50.4 Å². The Morgan fingerprint density at radius 2 is 1.69 bits per heavy atom. The van der Waals surface area contributed by atoms with E-state index in [9.17, 15) is 20.4 Å². The van der Waals surface area contributed by atoms with E-state index in [1.54, 1.807) is 30.5 Å². The molecular formula is C19H21ClO5S. The summed E-state index contributed by atoms with van der Waals surface area (Å²) in [6.07, 6.45) is -2.12. The zero-order valence-electron chi connectivity index (χ0n) is 14.1. The van der Waals surface area contributed by atoms with Crippen LogP contribution in [-0.2, 0) is 11.2 Å². The number of halogens is 1. The first-order valence-corrected chi connectivity index (χ1v) is 9.86. The third kappa shape index (κ3) is 4.01. The van der Waals surface area contributed by atoms with Gasteiger partial charge in [-0.15, -0.1) is 11.8 Å². The quantitative estimate of drug-likeness (QED) is 0.634. The average molecular weight is 397 g/mol. The van der Waals surface area contributed by atoms with Crippen LogP contribution in [0.4, 0.5) is 0 Å². The molecule has 2 aromatic rings. The minimum absolute atomic E-state index is 0.197. The summed E-state index contributed by atoms with van der Waals surface area (Å²) < 4.78 is 5.80. The highest BCUT2D eigenvalue weighted by atomic mass is 35.5. The molecule has 0 bridgehead atoms. The van der Waals surface area contributed by atoms with E-state index in [0.717, 1.165) is 11.1 Å². The molecule has 26 heavy (non-hydrogen) atoms. The van der Waals surface area contributed by atoms with Crippen molar-refractivity contribution in [3.05, 3.63) is 64.2 Å². The lowest BCUT2D eigenvalue weighted by Gasteiger charge is -2.40. The number of rotatable bonds is 4. The summed E-state index contributed by atoms with van der Waals surface area (Å²) in [5.74, 6) is 0.197. The molecule has 0 aliphatic carbocycles. The van der Waals surface area contributed by atoms with E-state index < -0.39 is 29.9 Å². The SMILES string of the molecule is CS[C@@H]1O[C@@H](c2ccc(Cl)c(Cc3ccc(O)cc3)c2)[C@H](O)[C@@H](O)[C@@H]1O. The summed E-state index contributed by atoms with van der Waals surface area (Å²) >= 11 is 7.59. The van der Waals surface area contributed by atoms with Crippen molar-refractivity contribution in [3.8, 4) is 5.75 Å². The first kappa shape index (κ1) is 19.5. The molecule has 0 radical (unpaired) electrons. The zero-order chi connectivity index (χ0) is 18.8. The van der Waals surface area contributed by atoms with Gasteiger partial charge >= 0.3 is 0 Å². The van der Waals surface area contributed by atoms with Gasteiger partial charge in [-0.05, 0) is 47.6 Å². The summed E-state index contributed by atoms with van der Waals surface area (Å²) in [5.41, 5.74) is 1.87. The highest BCUT2D eigenvalue weighted by molar-refractivity contribution is 7.99. The molecule has 1 aliphatic heterocycles. The van der Waals surface area contributed by atoms with Crippen LogP contribution in [0.15, 0.2) is 42.5 Å². The molecule has 1 aliphatic rings. The maximum atomic E-state index is 10.4. The number of phenols is 1. The molecule has 5 nitrogen and oxygen atoms in total. The van der Waals surface area contributed by atoms with E-state index >= 15 is 0 Å². The van der Waals surface area contributed by atoms with Crippen LogP contribution in [0.25, 0.3) is 0 Å². The molecule has 4 N–H and O–H groups in total. The topological polar surface area (TPSA) is 90.2 Å². The number of aliphatic hydroxyl groups is 3. The Bertz CT molecular complexity index is 752. The lowest BCUT2D eigenvalue weighted by Crippen LogP contribution is -2.52. The first-order valence-electron chi connectivity index (χ1n) is 8.19. The van der Waals surface area contributed by atoms with E-state index in [4.69, 9.17) is 16.3 Å². The van der Waals surface area contributed by atoms with Gasteiger partial charge in [0.2, 0.25) is 0 Å². The average Bonchev–Trinajstić information content (AvgIpc) is 2.64. The number of hydrogen-bond acceptors (Lipinski definition) is 6. The number of hydrogen-bond donors (Lipinski definition) is 4. The number of aliphatic hydroxyl groups excluding tert-OH is 3. The molecule has 3 rings (SSSR count). The minimum atomic E-state index is -1.29. The Labute approximate surface area is 161 Å². The molecule has 5 atom stereocenters. The summed E-state index contributed by atoms with van der Waals surface area (Å²) in [4.78, 5) is 0. The third-order valence-electron chi connectivity index (χ3n) is 4.53.